The average Bonchev–Trinajstić information content (AvgIpc) is 3.42. The van der Waals surface area contributed by atoms with Crippen LogP contribution in [-0.4, -0.2) is 78.2 Å². The van der Waals surface area contributed by atoms with Crippen molar-refractivity contribution in [2.45, 2.75) is 55.9 Å². The third-order valence-corrected chi connectivity index (χ3v) is 7.96. The van der Waals surface area contributed by atoms with Crippen LogP contribution >= 0.6 is 11.8 Å². The molecule has 0 aromatic heterocycles. The molecule has 3 amide bonds. The molecule has 2 aliphatic heterocycles. The van der Waals surface area contributed by atoms with Crippen molar-refractivity contribution in [3.63, 3.8) is 0 Å². The fourth-order valence-corrected chi connectivity index (χ4v) is 6.09. The Labute approximate surface area is 225 Å². The van der Waals surface area contributed by atoms with Crippen LogP contribution in [-0.2, 0) is 4.79 Å². The molecule has 0 aliphatic carbocycles. The summed E-state index contributed by atoms with van der Waals surface area (Å²) in [6, 6.07) is 4.81. The minimum Gasteiger partial charge on any atom is -0.383 e. The molecule has 0 radical (unpaired) electrons. The second-order valence-corrected chi connectivity index (χ2v) is 10.6. The summed E-state index contributed by atoms with van der Waals surface area (Å²) < 4.78 is 0. The quantitative estimate of drug-likeness (QED) is 0.0434. The number of carbonyl (C=O) groups is 2. The van der Waals surface area contributed by atoms with Gasteiger partial charge in [0.05, 0.1) is 17.8 Å². The molecule has 15 heteroatoms. The lowest BCUT2D eigenvalue weighted by Gasteiger charge is -2.17. The lowest BCUT2D eigenvalue weighted by molar-refractivity contribution is -0.710. The van der Waals surface area contributed by atoms with Gasteiger partial charge in [0, 0.05) is 41.1 Å². The largest absolute Gasteiger partial charge is 0.383 e. The molecule has 1 aromatic carbocycles. The number of hydrogen-bond donors (Lipinski definition) is 4. The van der Waals surface area contributed by atoms with Crippen molar-refractivity contribution in [1.29, 1.82) is 0 Å². The Balaban J connectivity index is 1.21. The van der Waals surface area contributed by atoms with Gasteiger partial charge < -0.3 is 26.2 Å². The number of unbranched alkanes of at least 4 members (excludes halogenated alkanes) is 1. The summed E-state index contributed by atoms with van der Waals surface area (Å²) >= 11 is 1.89. The van der Waals surface area contributed by atoms with Crippen LogP contribution in [0.3, 0.4) is 0 Å². The number of fused-ring (bicyclic) bond motifs is 1. The Hall–Kier alpha value is -3.42. The number of nitrogens with one attached hydrogen (secondary N) is 4. The Morgan fingerprint density at radius 2 is 2.08 bits per heavy atom. The van der Waals surface area contributed by atoms with Crippen LogP contribution in [0.1, 0.15) is 38.5 Å². The third-order valence-electron chi connectivity index (χ3n) is 6.45. The predicted molar refractivity (Wildman–Crippen MR) is 145 cm³/mol. The number of benzene rings is 1. The summed E-state index contributed by atoms with van der Waals surface area (Å²) in [5.74, 6) is 1.01. The fraction of sp³-hybridized carbons (Fsp3) is 0.652. The standard InChI is InChI=1S/C23H35N9O5S/c1-31(12-4-10-25-17-9-8-16(29-30-24)14-19(17)37-32(35)36)13-5-11-26-21(33)7-3-2-6-20-22-18(15-38-20)27-23(34)28-22/h8-9,14,18,20,22,25H,2-7,10-13,15H2,1H3,(H,26,33)(H2,27,28,34)/t18-,20?,22-/m0/s1. The van der Waals surface area contributed by atoms with Gasteiger partial charge in [-0.05, 0) is 63.5 Å². The van der Waals surface area contributed by atoms with E-state index in [2.05, 4.69) is 41.0 Å². The van der Waals surface area contributed by atoms with E-state index in [9.17, 15) is 19.7 Å². The Kier molecular flexibility index (Phi) is 11.6. The lowest BCUT2D eigenvalue weighted by atomic mass is 10.0. The summed E-state index contributed by atoms with van der Waals surface area (Å²) in [5, 5.41) is 25.7. The van der Waals surface area contributed by atoms with E-state index in [1.165, 1.54) is 6.07 Å². The van der Waals surface area contributed by atoms with Crippen molar-refractivity contribution in [2.75, 3.05) is 44.3 Å². The Bertz CT molecular complexity index is 1020. The maximum Gasteiger partial charge on any atom is 0.315 e. The van der Waals surface area contributed by atoms with E-state index in [0.717, 1.165) is 50.9 Å². The zero-order valence-electron chi connectivity index (χ0n) is 21.4. The van der Waals surface area contributed by atoms with Crippen LogP contribution in [0.15, 0.2) is 23.3 Å². The molecule has 0 saturated carbocycles. The molecule has 3 rings (SSSR count). The number of amides is 3. The highest BCUT2D eigenvalue weighted by Gasteiger charge is 2.42. The molecule has 208 valence electrons. The molecular formula is C23H35N9O5S. The Morgan fingerprint density at radius 3 is 2.84 bits per heavy atom. The molecular weight excluding hydrogens is 514 g/mol. The first-order chi connectivity index (χ1) is 18.4. The maximum absolute atomic E-state index is 12.1. The second-order valence-electron chi connectivity index (χ2n) is 9.34. The summed E-state index contributed by atoms with van der Waals surface area (Å²) in [5.41, 5.74) is 9.19. The highest BCUT2D eigenvalue weighted by atomic mass is 32.2. The van der Waals surface area contributed by atoms with Crippen molar-refractivity contribution in [1.82, 2.24) is 20.9 Å². The highest BCUT2D eigenvalue weighted by Crippen LogP contribution is 2.33. The molecule has 2 aliphatic rings. The van der Waals surface area contributed by atoms with Gasteiger partial charge in [0.15, 0.2) is 0 Å². The van der Waals surface area contributed by atoms with Gasteiger partial charge in [-0.3, -0.25) is 9.63 Å². The van der Waals surface area contributed by atoms with Crippen LogP contribution in [0.2, 0.25) is 0 Å². The molecule has 2 saturated heterocycles. The maximum atomic E-state index is 12.1. The molecule has 4 N–H and O–H groups in total. The lowest BCUT2D eigenvalue weighted by Crippen LogP contribution is -2.36. The van der Waals surface area contributed by atoms with E-state index in [-0.39, 0.29) is 35.5 Å². The second kappa shape index (κ2) is 15.1. The van der Waals surface area contributed by atoms with Gasteiger partial charge in [0.25, 0.3) is 5.09 Å². The first-order valence-electron chi connectivity index (χ1n) is 12.7. The van der Waals surface area contributed by atoms with Crippen LogP contribution in [0.5, 0.6) is 5.75 Å². The van der Waals surface area contributed by atoms with Gasteiger partial charge in [-0.2, -0.15) is 11.8 Å². The number of thioether (sulfide) groups is 1. The van der Waals surface area contributed by atoms with Crippen LogP contribution in [0, 0.1) is 10.1 Å². The van der Waals surface area contributed by atoms with Crippen molar-refractivity contribution >= 4 is 35.1 Å². The minimum absolute atomic E-state index is 0.0188. The number of anilines is 1. The van der Waals surface area contributed by atoms with E-state index >= 15 is 0 Å². The summed E-state index contributed by atoms with van der Waals surface area (Å²) in [4.78, 5) is 43.7. The van der Waals surface area contributed by atoms with Crippen LogP contribution in [0.25, 0.3) is 10.4 Å². The zero-order chi connectivity index (χ0) is 27.3. The van der Waals surface area contributed by atoms with Crippen molar-refractivity contribution in [2.24, 2.45) is 5.11 Å². The number of azide groups is 1. The van der Waals surface area contributed by atoms with Crippen LogP contribution < -0.4 is 26.1 Å². The topological polar surface area (TPSA) is 187 Å². The van der Waals surface area contributed by atoms with Crippen molar-refractivity contribution in [3.8, 4) is 5.75 Å². The van der Waals surface area contributed by atoms with Gasteiger partial charge in [-0.1, -0.05) is 17.6 Å². The molecule has 0 spiro atoms. The number of urea groups is 1. The third kappa shape index (κ3) is 9.47. The highest BCUT2D eigenvalue weighted by molar-refractivity contribution is 8.00. The molecule has 2 fully saturated rings. The van der Waals surface area contributed by atoms with Crippen LogP contribution in [0.4, 0.5) is 16.2 Å². The van der Waals surface area contributed by atoms with Gasteiger partial charge in [0.1, 0.15) is 5.75 Å². The van der Waals surface area contributed by atoms with E-state index in [0.29, 0.717) is 30.4 Å². The number of rotatable bonds is 17. The number of hydrogen-bond acceptors (Lipinski definition) is 9. The molecule has 0 bridgehead atoms. The molecule has 1 unspecified atom stereocenters. The minimum atomic E-state index is -0.910. The fourth-order valence-electron chi connectivity index (χ4n) is 4.55. The van der Waals surface area contributed by atoms with Crippen molar-refractivity contribution < 1.29 is 19.5 Å². The first kappa shape index (κ1) is 29.1. The number of carbonyl (C=O) groups excluding carboxylic acids is 2. The SMILES string of the molecule is CN(CCCNC(=O)CCCCC1SC[C@@H]2NC(=O)N[C@H]12)CCCNc1ccc(N=[N+]=[N-])cc1O[N+](=O)[O-]. The average molecular weight is 550 g/mol. The predicted octanol–water partition coefficient (Wildman–Crippen LogP) is 3.16. The first-order valence-corrected chi connectivity index (χ1v) is 13.8. The van der Waals surface area contributed by atoms with E-state index < -0.39 is 5.09 Å². The normalized spacial score (nSPS) is 19.7. The number of nitrogens with zero attached hydrogens (tertiary/aromatic N) is 5. The van der Waals surface area contributed by atoms with Crippen molar-refractivity contribution in [3.05, 3.63) is 38.8 Å². The van der Waals surface area contributed by atoms with E-state index in [1.54, 1.807) is 12.1 Å². The molecule has 1 aromatic rings. The molecule has 3 atom stereocenters. The van der Waals surface area contributed by atoms with Gasteiger partial charge in [-0.15, -0.1) is 10.1 Å². The molecule has 2 heterocycles. The zero-order valence-corrected chi connectivity index (χ0v) is 22.2. The monoisotopic (exact) mass is 549 g/mol. The van der Waals surface area contributed by atoms with Gasteiger partial charge in [0.2, 0.25) is 5.91 Å². The van der Waals surface area contributed by atoms with Gasteiger partial charge in [-0.25, -0.2) is 4.79 Å². The summed E-state index contributed by atoms with van der Waals surface area (Å²) in [6.07, 6.45) is 4.97. The Morgan fingerprint density at radius 1 is 1.29 bits per heavy atom. The van der Waals surface area contributed by atoms with E-state index in [4.69, 9.17) is 5.53 Å². The summed E-state index contributed by atoms with van der Waals surface area (Å²) in [7, 11) is 2.01. The van der Waals surface area contributed by atoms with Gasteiger partial charge >= 0.3 is 6.03 Å². The molecule has 14 nitrogen and oxygen atoms in total. The van der Waals surface area contributed by atoms with E-state index in [1.807, 2.05) is 18.8 Å². The summed E-state index contributed by atoms with van der Waals surface area (Å²) in [6.45, 7) is 2.83. The molecule has 38 heavy (non-hydrogen) atoms. The smallest absolute Gasteiger partial charge is 0.315 e.